The summed E-state index contributed by atoms with van der Waals surface area (Å²) in [6.07, 6.45) is 1.50. The van der Waals surface area contributed by atoms with Gasteiger partial charge in [-0.2, -0.15) is 0 Å². The van der Waals surface area contributed by atoms with E-state index in [0.29, 0.717) is 28.5 Å². The van der Waals surface area contributed by atoms with E-state index in [-0.39, 0.29) is 30.5 Å². The molecular formula is C18H22N2O6. The van der Waals surface area contributed by atoms with Crippen LogP contribution < -0.4 is 24.8 Å². The lowest BCUT2D eigenvalue weighted by Gasteiger charge is -2.18. The maximum Gasteiger partial charge on any atom is 0.286 e. The summed E-state index contributed by atoms with van der Waals surface area (Å²) in [6.45, 7) is 1.97. The largest absolute Gasteiger partial charge is 0.494 e. The highest BCUT2D eigenvalue weighted by Crippen LogP contribution is 2.42. The highest BCUT2D eigenvalue weighted by Gasteiger charge is 2.19. The first-order chi connectivity index (χ1) is 12.5. The summed E-state index contributed by atoms with van der Waals surface area (Å²) in [5.74, 6) is 1.04. The maximum absolute atomic E-state index is 12.2. The van der Waals surface area contributed by atoms with Gasteiger partial charge in [0.15, 0.2) is 17.3 Å². The van der Waals surface area contributed by atoms with Crippen LogP contribution in [0, 0.1) is 6.92 Å². The summed E-state index contributed by atoms with van der Waals surface area (Å²) in [5.41, 5.74) is 1.17. The van der Waals surface area contributed by atoms with Crippen molar-refractivity contribution in [1.82, 2.24) is 5.32 Å². The zero-order valence-corrected chi connectivity index (χ0v) is 15.2. The number of carbonyl (C=O) groups is 2. The third-order valence-corrected chi connectivity index (χ3v) is 3.71. The Bertz CT molecular complexity index is 770. The first kappa shape index (κ1) is 19.2. The van der Waals surface area contributed by atoms with E-state index in [0.717, 1.165) is 0 Å². The zero-order chi connectivity index (χ0) is 19.1. The second-order valence-corrected chi connectivity index (χ2v) is 5.35. The normalized spacial score (nSPS) is 10.2. The minimum Gasteiger partial charge on any atom is -0.494 e. The minimum atomic E-state index is -0.373. The Balaban J connectivity index is 2.02. The number of nitrogens with one attached hydrogen (secondary N) is 2. The fourth-order valence-corrected chi connectivity index (χ4v) is 2.51. The summed E-state index contributed by atoms with van der Waals surface area (Å²) < 4.78 is 21.0. The number of furan rings is 1. The monoisotopic (exact) mass is 362 g/mol. The molecule has 0 radical (unpaired) electrons. The summed E-state index contributed by atoms with van der Waals surface area (Å²) >= 11 is 0. The van der Waals surface area contributed by atoms with Crippen molar-refractivity contribution in [3.8, 4) is 17.2 Å². The molecule has 0 aliphatic rings. The molecule has 2 aromatic rings. The molecule has 0 aliphatic heterocycles. The molecule has 0 spiro atoms. The smallest absolute Gasteiger partial charge is 0.286 e. The van der Waals surface area contributed by atoms with E-state index in [1.165, 1.54) is 27.6 Å². The molecular weight excluding hydrogens is 340 g/mol. The van der Waals surface area contributed by atoms with Crippen LogP contribution in [0.4, 0.5) is 5.69 Å². The Labute approximate surface area is 151 Å². The van der Waals surface area contributed by atoms with Gasteiger partial charge in [0.05, 0.1) is 33.3 Å². The lowest BCUT2D eigenvalue weighted by atomic mass is 10.1. The quantitative estimate of drug-likeness (QED) is 0.748. The second kappa shape index (κ2) is 8.80. The Morgan fingerprint density at radius 3 is 2.42 bits per heavy atom. The molecule has 0 saturated heterocycles. The molecule has 8 heteroatoms. The molecule has 8 nitrogen and oxygen atoms in total. The van der Waals surface area contributed by atoms with Gasteiger partial charge in [-0.25, -0.2) is 0 Å². The van der Waals surface area contributed by atoms with Gasteiger partial charge in [-0.1, -0.05) is 0 Å². The van der Waals surface area contributed by atoms with Gasteiger partial charge >= 0.3 is 0 Å². The highest BCUT2D eigenvalue weighted by molar-refractivity contribution is 5.95. The topological polar surface area (TPSA) is 99.0 Å². The van der Waals surface area contributed by atoms with Crippen molar-refractivity contribution in [2.24, 2.45) is 0 Å². The lowest BCUT2D eigenvalue weighted by molar-refractivity contribution is -0.116. The number of methoxy groups -OCH3 is 3. The van der Waals surface area contributed by atoms with Gasteiger partial charge in [0.25, 0.3) is 5.91 Å². The van der Waals surface area contributed by atoms with Gasteiger partial charge in [0, 0.05) is 24.6 Å². The number of amides is 2. The van der Waals surface area contributed by atoms with Crippen LogP contribution in [-0.2, 0) is 4.79 Å². The maximum atomic E-state index is 12.2. The number of ether oxygens (including phenoxy) is 3. The Hall–Kier alpha value is -3.16. The van der Waals surface area contributed by atoms with Crippen LogP contribution in [0.1, 0.15) is 22.5 Å². The van der Waals surface area contributed by atoms with E-state index >= 15 is 0 Å². The van der Waals surface area contributed by atoms with E-state index in [1.54, 1.807) is 25.1 Å². The fraction of sp³-hybridized carbons (Fsp3) is 0.333. The molecule has 1 heterocycles. The van der Waals surface area contributed by atoms with Gasteiger partial charge in [-0.3, -0.25) is 9.59 Å². The van der Waals surface area contributed by atoms with E-state index in [2.05, 4.69) is 10.6 Å². The van der Waals surface area contributed by atoms with Crippen molar-refractivity contribution >= 4 is 17.5 Å². The van der Waals surface area contributed by atoms with Crippen molar-refractivity contribution < 1.29 is 28.2 Å². The first-order valence-electron chi connectivity index (χ1n) is 7.92. The highest BCUT2D eigenvalue weighted by atomic mass is 16.5. The fourth-order valence-electron chi connectivity index (χ4n) is 2.51. The van der Waals surface area contributed by atoms with Crippen LogP contribution in [0.25, 0.3) is 0 Å². The Kier molecular flexibility index (Phi) is 6.48. The van der Waals surface area contributed by atoms with E-state index < -0.39 is 0 Å². The molecule has 0 fully saturated rings. The van der Waals surface area contributed by atoms with Crippen LogP contribution in [-0.4, -0.2) is 39.7 Å². The minimum absolute atomic E-state index is 0.0863. The number of hydrogen-bond acceptors (Lipinski definition) is 6. The molecule has 0 saturated carbocycles. The second-order valence-electron chi connectivity index (χ2n) is 5.35. The predicted molar refractivity (Wildman–Crippen MR) is 95.1 cm³/mol. The van der Waals surface area contributed by atoms with Crippen LogP contribution in [0.15, 0.2) is 28.9 Å². The zero-order valence-electron chi connectivity index (χ0n) is 15.2. The molecule has 2 amide bonds. The molecule has 0 atom stereocenters. The van der Waals surface area contributed by atoms with Crippen molar-refractivity contribution in [1.29, 1.82) is 0 Å². The van der Waals surface area contributed by atoms with Crippen LogP contribution in [0.3, 0.4) is 0 Å². The molecule has 2 N–H and O–H groups in total. The SMILES string of the molecule is COc1cc(NC(=O)CCNC(=O)c2ccco2)c(OC)c(C)c1OC. The van der Waals surface area contributed by atoms with Gasteiger partial charge in [0.1, 0.15) is 5.75 Å². The molecule has 0 aliphatic carbocycles. The molecule has 140 valence electrons. The van der Waals surface area contributed by atoms with Crippen LogP contribution in [0.2, 0.25) is 0 Å². The van der Waals surface area contributed by atoms with Crippen molar-refractivity contribution in [2.45, 2.75) is 13.3 Å². The average Bonchev–Trinajstić information content (AvgIpc) is 3.16. The molecule has 0 bridgehead atoms. The van der Waals surface area contributed by atoms with Crippen molar-refractivity contribution in [3.05, 3.63) is 35.8 Å². The van der Waals surface area contributed by atoms with Crippen LogP contribution >= 0.6 is 0 Å². The lowest BCUT2D eigenvalue weighted by Crippen LogP contribution is -2.27. The van der Waals surface area contributed by atoms with E-state index in [1.807, 2.05) is 0 Å². The number of carbonyl (C=O) groups excluding carboxylic acids is 2. The van der Waals surface area contributed by atoms with E-state index in [4.69, 9.17) is 18.6 Å². The van der Waals surface area contributed by atoms with Crippen molar-refractivity contribution in [2.75, 3.05) is 33.2 Å². The van der Waals surface area contributed by atoms with Gasteiger partial charge in [-0.15, -0.1) is 0 Å². The Morgan fingerprint density at radius 1 is 1.12 bits per heavy atom. The molecule has 26 heavy (non-hydrogen) atoms. The molecule has 1 aromatic carbocycles. The summed E-state index contributed by atoms with van der Waals surface area (Å²) in [7, 11) is 4.55. The Morgan fingerprint density at radius 2 is 1.85 bits per heavy atom. The standard InChI is InChI=1S/C18H22N2O6/c1-11-16(24-3)12(10-14(23-2)17(11)25-4)20-15(21)7-8-19-18(22)13-6-5-9-26-13/h5-6,9-10H,7-8H2,1-4H3,(H,19,22)(H,20,21). The van der Waals surface area contributed by atoms with Gasteiger partial charge in [-0.05, 0) is 19.1 Å². The predicted octanol–water partition coefficient (Wildman–Crippen LogP) is 2.37. The van der Waals surface area contributed by atoms with Crippen LogP contribution in [0.5, 0.6) is 17.2 Å². The third-order valence-electron chi connectivity index (χ3n) is 3.71. The van der Waals surface area contributed by atoms with Gasteiger partial charge < -0.3 is 29.3 Å². The number of hydrogen-bond donors (Lipinski definition) is 2. The number of benzene rings is 1. The molecule has 1 aromatic heterocycles. The van der Waals surface area contributed by atoms with Crippen molar-refractivity contribution in [3.63, 3.8) is 0 Å². The average molecular weight is 362 g/mol. The summed E-state index contributed by atoms with van der Waals surface area (Å²) in [4.78, 5) is 24.0. The summed E-state index contributed by atoms with van der Waals surface area (Å²) in [5, 5.41) is 5.38. The molecule has 0 unspecified atom stereocenters. The number of rotatable bonds is 8. The van der Waals surface area contributed by atoms with E-state index in [9.17, 15) is 9.59 Å². The number of anilines is 1. The van der Waals surface area contributed by atoms with Gasteiger partial charge in [0.2, 0.25) is 5.91 Å². The molecule has 2 rings (SSSR count). The summed E-state index contributed by atoms with van der Waals surface area (Å²) in [6, 6.07) is 4.80. The first-order valence-corrected chi connectivity index (χ1v) is 7.92. The third kappa shape index (κ3) is 4.27.